The predicted octanol–water partition coefficient (Wildman–Crippen LogP) is 1.20. The van der Waals surface area contributed by atoms with E-state index in [1.165, 1.54) is 5.56 Å². The Kier molecular flexibility index (Phi) is 5.54. The lowest BCUT2D eigenvalue weighted by molar-refractivity contribution is -0.128. The van der Waals surface area contributed by atoms with Gasteiger partial charge < -0.3 is 10.6 Å². The summed E-state index contributed by atoms with van der Waals surface area (Å²) in [4.78, 5) is 28.4. The number of aryl methyl sites for hydroxylation is 1. The number of hydrogen-bond donors (Lipinski definition) is 2. The molecule has 0 aliphatic carbocycles. The van der Waals surface area contributed by atoms with E-state index in [4.69, 9.17) is 5.73 Å². The molecule has 1 fully saturated rings. The molecule has 0 saturated carbocycles. The second-order valence-corrected chi connectivity index (χ2v) is 7.78. The third-order valence-corrected chi connectivity index (χ3v) is 5.57. The Morgan fingerprint density at radius 1 is 1.23 bits per heavy atom. The van der Waals surface area contributed by atoms with Crippen LogP contribution in [-0.4, -0.2) is 56.1 Å². The Bertz CT molecular complexity index is 969. The molecule has 1 aromatic heterocycles. The summed E-state index contributed by atoms with van der Waals surface area (Å²) in [6.45, 7) is 3.01. The van der Waals surface area contributed by atoms with Crippen molar-refractivity contribution in [3.63, 3.8) is 0 Å². The van der Waals surface area contributed by atoms with Gasteiger partial charge in [-0.25, -0.2) is 15.1 Å². The van der Waals surface area contributed by atoms with Crippen LogP contribution in [0.15, 0.2) is 42.2 Å². The summed E-state index contributed by atoms with van der Waals surface area (Å²) >= 11 is 0. The van der Waals surface area contributed by atoms with E-state index in [2.05, 4.69) is 45.6 Å². The largest absolute Gasteiger partial charge is 0.363 e. The summed E-state index contributed by atoms with van der Waals surface area (Å²) in [5.41, 5.74) is 9.66. The standard InChI is InChI=1S/C12H12N4O.C9H15N3O/c13-11(17)12-14-10-7-6-9(16(10)15-12)8-4-2-1-3-5-8;1-7-6-8-11(2)9(13)4-3-5-12(8)10-7/h1-5,9H,6-7H2,(H2,13,17);6-7,10H,3-5H2,1-2H3. The quantitative estimate of drug-likeness (QED) is 0.771. The molecule has 2 aromatic rings. The molecule has 0 bridgehead atoms. The van der Waals surface area contributed by atoms with E-state index in [9.17, 15) is 9.59 Å². The van der Waals surface area contributed by atoms with Gasteiger partial charge in [0.25, 0.3) is 5.91 Å². The first-order valence-electron chi connectivity index (χ1n) is 10.3. The highest BCUT2D eigenvalue weighted by molar-refractivity contribution is 5.88. The summed E-state index contributed by atoms with van der Waals surface area (Å²) in [7, 11) is 1.84. The maximum Gasteiger partial charge on any atom is 0.288 e. The second kappa shape index (κ2) is 8.27. The number of nitrogens with zero attached hydrogens (tertiary/aromatic N) is 5. The Morgan fingerprint density at radius 2 is 2.00 bits per heavy atom. The number of nitrogens with one attached hydrogen (secondary N) is 1. The van der Waals surface area contributed by atoms with E-state index in [-0.39, 0.29) is 17.8 Å². The topological polar surface area (TPSA) is 109 Å². The lowest BCUT2D eigenvalue weighted by Crippen LogP contribution is -2.39. The van der Waals surface area contributed by atoms with E-state index >= 15 is 0 Å². The zero-order chi connectivity index (χ0) is 21.3. The molecule has 2 unspecified atom stereocenters. The summed E-state index contributed by atoms with van der Waals surface area (Å²) in [6.07, 6.45) is 5.47. The van der Waals surface area contributed by atoms with E-state index in [0.717, 1.165) is 37.5 Å². The number of carbonyl (C=O) groups excluding carboxylic acids is 2. The number of fused-ring (bicyclic) bond motifs is 2. The minimum Gasteiger partial charge on any atom is -0.363 e. The number of amides is 2. The molecule has 5 rings (SSSR count). The third kappa shape index (κ3) is 3.93. The maximum atomic E-state index is 11.5. The van der Waals surface area contributed by atoms with Gasteiger partial charge in [0.1, 0.15) is 11.6 Å². The molecule has 1 saturated heterocycles. The number of aromatic nitrogens is 3. The van der Waals surface area contributed by atoms with E-state index in [1.54, 1.807) is 4.90 Å². The molecular weight excluding hydrogens is 382 g/mol. The Labute approximate surface area is 175 Å². The van der Waals surface area contributed by atoms with Crippen molar-refractivity contribution in [2.75, 3.05) is 13.6 Å². The number of hydrazine groups is 1. The van der Waals surface area contributed by atoms with Crippen LogP contribution in [0.5, 0.6) is 0 Å². The highest BCUT2D eigenvalue weighted by Gasteiger charge is 2.29. The molecule has 0 spiro atoms. The van der Waals surface area contributed by atoms with Gasteiger partial charge in [-0.1, -0.05) is 30.3 Å². The molecule has 2 atom stereocenters. The van der Waals surface area contributed by atoms with E-state index < -0.39 is 5.91 Å². The van der Waals surface area contributed by atoms with Crippen LogP contribution >= 0.6 is 0 Å². The molecule has 30 heavy (non-hydrogen) atoms. The monoisotopic (exact) mass is 409 g/mol. The fraction of sp³-hybridized carbons (Fsp3) is 0.429. The average molecular weight is 409 g/mol. The van der Waals surface area contributed by atoms with Crippen molar-refractivity contribution in [3.8, 4) is 0 Å². The number of primary amides is 1. The number of hydrogen-bond acceptors (Lipinski definition) is 6. The summed E-state index contributed by atoms with van der Waals surface area (Å²) in [5.74, 6) is 1.60. The summed E-state index contributed by atoms with van der Waals surface area (Å²) < 4.78 is 1.81. The molecule has 1 aromatic carbocycles. The summed E-state index contributed by atoms with van der Waals surface area (Å²) in [6, 6.07) is 10.6. The number of benzene rings is 1. The smallest absolute Gasteiger partial charge is 0.288 e. The predicted molar refractivity (Wildman–Crippen MR) is 111 cm³/mol. The minimum absolute atomic E-state index is 0.112. The zero-order valence-electron chi connectivity index (χ0n) is 17.3. The van der Waals surface area contributed by atoms with Gasteiger partial charge in [0.05, 0.1) is 6.04 Å². The van der Waals surface area contributed by atoms with Crippen LogP contribution in [0.2, 0.25) is 0 Å². The van der Waals surface area contributed by atoms with Gasteiger partial charge in [0, 0.05) is 32.5 Å². The summed E-state index contributed by atoms with van der Waals surface area (Å²) in [5, 5.41) is 6.24. The van der Waals surface area contributed by atoms with Crippen LogP contribution in [0.3, 0.4) is 0 Å². The molecule has 4 heterocycles. The Morgan fingerprint density at radius 3 is 2.73 bits per heavy atom. The fourth-order valence-corrected chi connectivity index (χ4v) is 4.07. The number of carbonyl (C=O) groups is 2. The third-order valence-electron chi connectivity index (χ3n) is 5.57. The van der Waals surface area contributed by atoms with Crippen molar-refractivity contribution in [1.29, 1.82) is 0 Å². The minimum atomic E-state index is -0.571. The van der Waals surface area contributed by atoms with Crippen LogP contribution in [0, 0.1) is 0 Å². The molecule has 9 nitrogen and oxygen atoms in total. The Balaban J connectivity index is 0.000000151. The first-order chi connectivity index (χ1) is 14.4. The van der Waals surface area contributed by atoms with Crippen LogP contribution in [-0.2, 0) is 11.2 Å². The normalized spacial score (nSPS) is 22.6. The SMILES string of the molecule is CC1C=C2N(CCCC(=O)N2C)N1.NC(=O)c1nc2n(n1)C(c1ccccc1)CC2. The van der Waals surface area contributed by atoms with E-state index in [0.29, 0.717) is 12.5 Å². The van der Waals surface area contributed by atoms with Crippen molar-refractivity contribution < 1.29 is 9.59 Å². The fourth-order valence-electron chi connectivity index (χ4n) is 4.07. The van der Waals surface area contributed by atoms with Crippen LogP contribution in [0.4, 0.5) is 0 Å². The number of rotatable bonds is 2. The highest BCUT2D eigenvalue weighted by Crippen LogP contribution is 2.29. The highest BCUT2D eigenvalue weighted by atomic mass is 16.2. The molecule has 3 aliphatic rings. The van der Waals surface area contributed by atoms with Gasteiger partial charge in [-0.15, -0.1) is 5.10 Å². The van der Waals surface area contributed by atoms with Gasteiger partial charge in [-0.05, 0) is 31.4 Å². The van der Waals surface area contributed by atoms with Crippen molar-refractivity contribution >= 4 is 11.8 Å². The Hall–Kier alpha value is -3.20. The molecule has 3 N–H and O–H groups in total. The van der Waals surface area contributed by atoms with Gasteiger partial charge in [0.2, 0.25) is 11.7 Å². The van der Waals surface area contributed by atoms with Gasteiger partial charge in [-0.3, -0.25) is 14.6 Å². The van der Waals surface area contributed by atoms with Gasteiger partial charge >= 0.3 is 0 Å². The van der Waals surface area contributed by atoms with Gasteiger partial charge in [0.15, 0.2) is 0 Å². The molecule has 3 aliphatic heterocycles. The van der Waals surface area contributed by atoms with Crippen LogP contribution < -0.4 is 11.2 Å². The van der Waals surface area contributed by atoms with E-state index in [1.807, 2.05) is 29.9 Å². The first-order valence-corrected chi connectivity index (χ1v) is 10.3. The molecular formula is C21H27N7O2. The lowest BCUT2D eigenvalue weighted by Gasteiger charge is -2.24. The van der Waals surface area contributed by atoms with Crippen molar-refractivity contribution in [2.24, 2.45) is 5.73 Å². The second-order valence-electron chi connectivity index (χ2n) is 7.78. The first kappa shape index (κ1) is 20.1. The molecule has 9 heteroatoms. The molecule has 0 radical (unpaired) electrons. The van der Waals surface area contributed by atoms with Crippen molar-refractivity contribution in [3.05, 3.63) is 59.4 Å². The zero-order valence-corrected chi connectivity index (χ0v) is 17.3. The lowest BCUT2D eigenvalue weighted by atomic mass is 10.1. The van der Waals surface area contributed by atoms with Crippen molar-refractivity contribution in [2.45, 2.75) is 44.7 Å². The molecule has 2 amide bonds. The maximum absolute atomic E-state index is 11.5. The number of nitrogens with two attached hydrogens (primary N) is 1. The van der Waals surface area contributed by atoms with Crippen LogP contribution in [0.1, 0.15) is 54.2 Å². The molecule has 158 valence electrons. The van der Waals surface area contributed by atoms with Crippen LogP contribution in [0.25, 0.3) is 0 Å². The van der Waals surface area contributed by atoms with Gasteiger partial charge in [-0.2, -0.15) is 0 Å². The van der Waals surface area contributed by atoms with Crippen molar-refractivity contribution in [1.82, 2.24) is 30.1 Å². The average Bonchev–Trinajstić information content (AvgIpc) is 3.40.